The molecular weight excluding hydrogens is 270 g/mol. The van der Waals surface area contributed by atoms with Gasteiger partial charge in [0.15, 0.2) is 0 Å². The van der Waals surface area contributed by atoms with E-state index in [9.17, 15) is 4.79 Å². The number of benzene rings is 1. The van der Waals surface area contributed by atoms with Crippen LogP contribution in [0, 0.1) is 0 Å². The number of hydrogen-bond donors (Lipinski definition) is 2. The van der Waals surface area contributed by atoms with Crippen molar-refractivity contribution in [1.29, 1.82) is 0 Å². The maximum Gasteiger partial charge on any atom is 0.230 e. The number of amides is 1. The molecule has 0 fully saturated rings. The number of hydrogen-bond acceptors (Lipinski definition) is 4. The zero-order chi connectivity index (χ0) is 14.4. The molecule has 0 aliphatic rings. The third-order valence-electron chi connectivity index (χ3n) is 2.65. The summed E-state index contributed by atoms with van der Waals surface area (Å²) in [5, 5.41) is 2.93. The molecule has 4 nitrogen and oxygen atoms in total. The lowest BCUT2D eigenvalue weighted by molar-refractivity contribution is -0.115. The fraction of sp³-hybridized carbons (Fsp3) is 0.200. The maximum atomic E-state index is 12.0. The summed E-state index contributed by atoms with van der Waals surface area (Å²) in [5.74, 6) is 0.887. The summed E-state index contributed by atoms with van der Waals surface area (Å²) in [6.45, 7) is 2.08. The van der Waals surface area contributed by atoms with E-state index in [1.54, 1.807) is 30.1 Å². The lowest BCUT2D eigenvalue weighted by atomic mass is 10.2. The van der Waals surface area contributed by atoms with Crippen LogP contribution in [0.2, 0.25) is 0 Å². The van der Waals surface area contributed by atoms with E-state index in [1.165, 1.54) is 0 Å². The van der Waals surface area contributed by atoms with Crippen LogP contribution in [0.3, 0.4) is 0 Å². The number of carbonyl (C=O) groups is 1. The molecule has 2 rings (SSSR count). The van der Waals surface area contributed by atoms with Gasteiger partial charge in [-0.15, -0.1) is 11.8 Å². The van der Waals surface area contributed by atoms with Crippen molar-refractivity contribution < 1.29 is 4.79 Å². The molecule has 1 amide bonds. The van der Waals surface area contributed by atoms with Gasteiger partial charge < -0.3 is 11.1 Å². The van der Waals surface area contributed by atoms with Crippen molar-refractivity contribution in [3.8, 4) is 0 Å². The first-order valence-electron chi connectivity index (χ1n) is 6.41. The van der Waals surface area contributed by atoms with Gasteiger partial charge in [-0.1, -0.05) is 19.1 Å². The number of nitrogens with one attached hydrogen (secondary N) is 1. The number of pyridine rings is 1. The van der Waals surface area contributed by atoms with Crippen molar-refractivity contribution in [1.82, 2.24) is 4.98 Å². The molecule has 104 valence electrons. The van der Waals surface area contributed by atoms with Gasteiger partial charge in [-0.05, 0) is 30.0 Å². The molecule has 20 heavy (non-hydrogen) atoms. The van der Waals surface area contributed by atoms with E-state index in [1.807, 2.05) is 24.3 Å². The molecule has 2 aromatic rings. The molecule has 0 radical (unpaired) electrons. The van der Waals surface area contributed by atoms with Gasteiger partial charge in [0.05, 0.1) is 24.0 Å². The normalized spacial score (nSPS) is 10.2. The number of nitrogens with two attached hydrogens (primary N) is 1. The molecule has 0 saturated carbocycles. The average Bonchev–Trinajstić information content (AvgIpc) is 2.44. The average molecular weight is 287 g/mol. The molecule has 3 N–H and O–H groups in total. The standard InChI is InChI=1S/C15H17N3OS/c1-2-20-14-6-4-3-5-13(14)18-15(19)9-12-8-7-11(16)10-17-12/h3-8,10H,2,9,16H2,1H3,(H,18,19). The van der Waals surface area contributed by atoms with E-state index in [-0.39, 0.29) is 12.3 Å². The van der Waals surface area contributed by atoms with Crippen molar-refractivity contribution in [2.45, 2.75) is 18.2 Å². The monoisotopic (exact) mass is 287 g/mol. The maximum absolute atomic E-state index is 12.0. The molecule has 1 heterocycles. The number of aromatic nitrogens is 1. The zero-order valence-electron chi connectivity index (χ0n) is 11.3. The summed E-state index contributed by atoms with van der Waals surface area (Å²) >= 11 is 1.71. The van der Waals surface area contributed by atoms with Crippen molar-refractivity contribution in [3.63, 3.8) is 0 Å². The Labute approximate surface area is 122 Å². The van der Waals surface area contributed by atoms with Gasteiger partial charge in [0.2, 0.25) is 5.91 Å². The molecule has 0 bridgehead atoms. The highest BCUT2D eigenvalue weighted by Crippen LogP contribution is 2.26. The first-order valence-corrected chi connectivity index (χ1v) is 7.39. The number of para-hydroxylation sites is 1. The summed E-state index contributed by atoms with van der Waals surface area (Å²) in [6.07, 6.45) is 1.80. The number of rotatable bonds is 5. The Hall–Kier alpha value is -2.01. The minimum Gasteiger partial charge on any atom is -0.397 e. The van der Waals surface area contributed by atoms with E-state index in [0.29, 0.717) is 11.4 Å². The topological polar surface area (TPSA) is 68.0 Å². The SMILES string of the molecule is CCSc1ccccc1NC(=O)Cc1ccc(N)cn1. The highest BCUT2D eigenvalue weighted by atomic mass is 32.2. The number of thioether (sulfide) groups is 1. The van der Waals surface area contributed by atoms with Crippen LogP contribution >= 0.6 is 11.8 Å². The second kappa shape index (κ2) is 6.96. The summed E-state index contributed by atoms with van der Waals surface area (Å²) in [5.41, 5.74) is 7.72. The van der Waals surface area contributed by atoms with Crippen LogP contribution in [-0.4, -0.2) is 16.6 Å². The van der Waals surface area contributed by atoms with Gasteiger partial charge in [0.25, 0.3) is 0 Å². The van der Waals surface area contributed by atoms with Crippen molar-refractivity contribution in [2.75, 3.05) is 16.8 Å². The molecule has 0 aliphatic carbocycles. The van der Waals surface area contributed by atoms with Crippen LogP contribution < -0.4 is 11.1 Å². The van der Waals surface area contributed by atoms with E-state index in [4.69, 9.17) is 5.73 Å². The first kappa shape index (κ1) is 14.4. The van der Waals surface area contributed by atoms with E-state index in [2.05, 4.69) is 17.2 Å². The van der Waals surface area contributed by atoms with Gasteiger partial charge in [-0.25, -0.2) is 0 Å². The Bertz CT molecular complexity index is 584. The Kier molecular flexibility index (Phi) is 5.01. The summed E-state index contributed by atoms with van der Waals surface area (Å²) in [6, 6.07) is 11.3. The van der Waals surface area contributed by atoms with Gasteiger partial charge >= 0.3 is 0 Å². The van der Waals surface area contributed by atoms with Gasteiger partial charge in [-0.3, -0.25) is 9.78 Å². The molecule has 0 aliphatic heterocycles. The first-order chi connectivity index (χ1) is 9.69. The fourth-order valence-electron chi connectivity index (χ4n) is 1.75. The van der Waals surface area contributed by atoms with Gasteiger partial charge in [-0.2, -0.15) is 0 Å². The number of nitrogen functional groups attached to an aromatic ring is 1. The van der Waals surface area contributed by atoms with Crippen molar-refractivity contribution in [2.24, 2.45) is 0 Å². The molecule has 1 aromatic carbocycles. The van der Waals surface area contributed by atoms with Gasteiger partial charge in [0, 0.05) is 10.6 Å². The Morgan fingerprint density at radius 1 is 1.30 bits per heavy atom. The van der Waals surface area contributed by atoms with Crippen LogP contribution in [-0.2, 0) is 11.2 Å². The number of carbonyl (C=O) groups excluding carboxylic acids is 1. The Balaban J connectivity index is 2.02. The second-order valence-corrected chi connectivity index (χ2v) is 5.54. The minimum atomic E-state index is -0.0774. The Morgan fingerprint density at radius 3 is 2.80 bits per heavy atom. The lowest BCUT2D eigenvalue weighted by Gasteiger charge is -2.09. The molecule has 5 heteroatoms. The van der Waals surface area contributed by atoms with Gasteiger partial charge in [0.1, 0.15) is 0 Å². The molecule has 0 spiro atoms. The smallest absolute Gasteiger partial charge is 0.230 e. The molecular formula is C15H17N3OS. The number of nitrogens with zero attached hydrogens (tertiary/aromatic N) is 1. The van der Waals surface area contributed by atoms with Crippen LogP contribution in [0.1, 0.15) is 12.6 Å². The van der Waals surface area contributed by atoms with Crippen molar-refractivity contribution in [3.05, 3.63) is 48.3 Å². The lowest BCUT2D eigenvalue weighted by Crippen LogP contribution is -2.15. The highest BCUT2D eigenvalue weighted by Gasteiger charge is 2.08. The molecule has 0 unspecified atom stereocenters. The molecule has 1 aromatic heterocycles. The quantitative estimate of drug-likeness (QED) is 0.830. The largest absolute Gasteiger partial charge is 0.397 e. The van der Waals surface area contributed by atoms with E-state index in [0.717, 1.165) is 16.3 Å². The Morgan fingerprint density at radius 2 is 2.10 bits per heavy atom. The van der Waals surface area contributed by atoms with Crippen LogP contribution in [0.15, 0.2) is 47.5 Å². The predicted molar refractivity (Wildman–Crippen MR) is 83.8 cm³/mol. The highest BCUT2D eigenvalue weighted by molar-refractivity contribution is 7.99. The fourth-order valence-corrected chi connectivity index (χ4v) is 2.51. The number of anilines is 2. The van der Waals surface area contributed by atoms with Crippen LogP contribution in [0.4, 0.5) is 11.4 Å². The summed E-state index contributed by atoms with van der Waals surface area (Å²) < 4.78 is 0. The second-order valence-electron chi connectivity index (χ2n) is 4.24. The predicted octanol–water partition coefficient (Wildman–Crippen LogP) is 2.96. The van der Waals surface area contributed by atoms with Crippen LogP contribution in [0.25, 0.3) is 0 Å². The van der Waals surface area contributed by atoms with E-state index < -0.39 is 0 Å². The van der Waals surface area contributed by atoms with Crippen LogP contribution in [0.5, 0.6) is 0 Å². The zero-order valence-corrected chi connectivity index (χ0v) is 12.1. The minimum absolute atomic E-state index is 0.0774. The van der Waals surface area contributed by atoms with Crippen molar-refractivity contribution >= 4 is 29.0 Å². The third kappa shape index (κ3) is 3.99. The van der Waals surface area contributed by atoms with E-state index >= 15 is 0 Å². The molecule has 0 saturated heterocycles. The molecule has 0 atom stereocenters. The summed E-state index contributed by atoms with van der Waals surface area (Å²) in [4.78, 5) is 17.2. The summed E-state index contributed by atoms with van der Waals surface area (Å²) in [7, 11) is 0. The third-order valence-corrected chi connectivity index (χ3v) is 3.61.